The molecule has 0 radical (unpaired) electrons. The molecule has 0 aromatic carbocycles. The first-order valence-corrected chi connectivity index (χ1v) is 18.2. The first-order valence-electron chi connectivity index (χ1n) is 10.2. The third-order valence-electron chi connectivity index (χ3n) is 4.76. The van der Waals surface area contributed by atoms with E-state index in [1.54, 1.807) is 0 Å². The second-order valence-electron chi connectivity index (χ2n) is 7.85. The van der Waals surface area contributed by atoms with Gasteiger partial charge in [0.25, 0.3) is 0 Å². The first-order chi connectivity index (χ1) is 19.5. The van der Waals surface area contributed by atoms with E-state index in [1.165, 1.54) is 0 Å². The molecule has 0 unspecified atom stereocenters. The average Bonchev–Trinajstić information content (AvgIpc) is 3.06. The van der Waals surface area contributed by atoms with E-state index in [4.69, 9.17) is 14.2 Å². The molecule has 0 bridgehead atoms. The predicted molar refractivity (Wildman–Crippen MR) is 113 cm³/mol. The van der Waals surface area contributed by atoms with Crippen molar-refractivity contribution < 1.29 is 425 Å². The third kappa shape index (κ3) is 29.3. The predicted octanol–water partition coefficient (Wildman–Crippen LogP) is -25.1. The van der Waals surface area contributed by atoms with Crippen LogP contribution in [0.1, 0.15) is 0 Å². The fraction of sp³-hybridized carbons (Fsp3) is 1.00. The van der Waals surface area contributed by atoms with Crippen molar-refractivity contribution in [1.82, 2.24) is 0 Å². The molecule has 0 spiro atoms. The van der Waals surface area contributed by atoms with Gasteiger partial charge in [0.05, 0.1) is 19.8 Å². The van der Waals surface area contributed by atoms with Crippen molar-refractivity contribution in [2.45, 2.75) is 49.0 Å². The van der Waals surface area contributed by atoms with E-state index < -0.39 is 131 Å². The molecule has 2 aliphatic heterocycles. The molecule has 262 valence electrons. The van der Waals surface area contributed by atoms with E-state index in [0.29, 0.717) is 0 Å². The van der Waals surface area contributed by atoms with E-state index in [0.717, 1.165) is 0 Å². The number of hydrogen-bond donors (Lipinski definition) is 0. The second kappa shape index (κ2) is 28.7. The van der Waals surface area contributed by atoms with Gasteiger partial charge in [-0.25, -0.2) is 50.5 Å². The normalized spacial score (nSPS) is 27.5. The molecule has 0 N–H and O–H groups in total. The fourth-order valence-electron chi connectivity index (χ4n) is 3.53. The average molecular weight is 1010 g/mol. The standard InChI is InChI=1S/C11H20O27S6.6K/c12-39(13,14)31-2-4-7(8(36-42(21,22)23)5(33-4)3-32-40(15,16)17)34-11-10(38-44(27,28)29)9(37-43(24,25)26)6(1-30-11)35-41(18,19)20;;;;;;/h4-11H,1-3H2,(H,12,13,14)(H,15,16,17)(H,18,19,20)(H,21,22,23)(H,24,25,26)(H,27,28,29);;;;;;/q;6*+1/p-6/t4-,5-,6+,7-,8-,9+,10-,11+;;;;;;/m1....../s1. The van der Waals surface area contributed by atoms with Crippen LogP contribution in [-0.2, 0) is 102 Å². The maximum atomic E-state index is 11.4. The molecule has 50 heavy (non-hydrogen) atoms. The molecule has 39 heteroatoms. The van der Waals surface area contributed by atoms with Gasteiger partial charge in [-0.15, -0.1) is 0 Å². The Morgan fingerprint density at radius 1 is 0.460 bits per heavy atom. The first kappa shape index (κ1) is 68.0. The van der Waals surface area contributed by atoms with Gasteiger partial charge in [-0.05, 0) is 0 Å². The van der Waals surface area contributed by atoms with Gasteiger partial charge >= 0.3 is 308 Å². The molecule has 2 fully saturated rings. The third-order valence-corrected chi connectivity index (χ3v) is 7.47. The summed E-state index contributed by atoms with van der Waals surface area (Å²) in [4.78, 5) is 0. The molecule has 0 aromatic rings. The van der Waals surface area contributed by atoms with Crippen molar-refractivity contribution in [3.63, 3.8) is 0 Å². The van der Waals surface area contributed by atoms with Crippen molar-refractivity contribution >= 4 is 62.4 Å². The van der Waals surface area contributed by atoms with Crippen molar-refractivity contribution in [3.05, 3.63) is 0 Å². The van der Waals surface area contributed by atoms with Crippen molar-refractivity contribution in [2.24, 2.45) is 0 Å². The van der Waals surface area contributed by atoms with Crippen molar-refractivity contribution in [2.75, 3.05) is 19.8 Å². The van der Waals surface area contributed by atoms with Crippen LogP contribution in [0.3, 0.4) is 0 Å². The summed E-state index contributed by atoms with van der Waals surface area (Å²) in [6, 6.07) is 0. The van der Waals surface area contributed by atoms with E-state index in [2.05, 4.69) is 25.1 Å². The molecule has 0 saturated carbocycles. The monoisotopic (exact) mass is 1000 g/mol. The van der Waals surface area contributed by atoms with Gasteiger partial charge < -0.3 is 41.5 Å². The summed E-state index contributed by atoms with van der Waals surface area (Å²) in [5, 5.41) is 0. The summed E-state index contributed by atoms with van der Waals surface area (Å²) < 4.78 is 239. The molecule has 27 nitrogen and oxygen atoms in total. The minimum Gasteiger partial charge on any atom is -0.726 e. The Morgan fingerprint density at radius 2 is 0.800 bits per heavy atom. The largest absolute Gasteiger partial charge is 1.00 e. The molecule has 2 aliphatic rings. The summed E-state index contributed by atoms with van der Waals surface area (Å²) in [7, 11) is -35.2. The minimum absolute atomic E-state index is 0. The zero-order chi connectivity index (χ0) is 34.1. The van der Waals surface area contributed by atoms with Gasteiger partial charge in [-0.1, -0.05) is 0 Å². The molecular weight excluding hydrogens is 991 g/mol. The van der Waals surface area contributed by atoms with Crippen LogP contribution in [-0.4, -0.2) is 147 Å². The molecule has 2 rings (SSSR count). The molecule has 0 aromatic heterocycles. The summed E-state index contributed by atoms with van der Waals surface area (Å²) in [6.07, 6.45) is -21.0. The molecule has 2 heterocycles. The number of rotatable bonds is 16. The maximum Gasteiger partial charge on any atom is 1.00 e. The van der Waals surface area contributed by atoms with Crippen molar-refractivity contribution in [3.8, 4) is 0 Å². The van der Waals surface area contributed by atoms with Gasteiger partial charge in [-0.2, -0.15) is 0 Å². The summed E-state index contributed by atoms with van der Waals surface area (Å²) >= 11 is 0. The Morgan fingerprint density at radius 3 is 1.16 bits per heavy atom. The molecule has 8 atom stereocenters. The summed E-state index contributed by atoms with van der Waals surface area (Å²) in [6.45, 7) is -4.55. The molecule has 0 amide bonds. The van der Waals surface area contributed by atoms with Crippen LogP contribution < -0.4 is 308 Å². The van der Waals surface area contributed by atoms with E-state index in [1.807, 2.05) is 0 Å². The van der Waals surface area contributed by atoms with E-state index >= 15 is 0 Å². The quantitative estimate of drug-likeness (QED) is 0.0787. The maximum absolute atomic E-state index is 11.4. The molecule has 2 saturated heterocycles. The Bertz CT molecular complexity index is 1690. The van der Waals surface area contributed by atoms with Crippen LogP contribution in [0.2, 0.25) is 0 Å². The van der Waals surface area contributed by atoms with Crippen LogP contribution in [0, 0.1) is 0 Å². The molecule has 0 aliphatic carbocycles. The smallest absolute Gasteiger partial charge is 0.726 e. The molecular formula is C11H14K6O27S6. The van der Waals surface area contributed by atoms with Crippen LogP contribution >= 0.6 is 0 Å². The van der Waals surface area contributed by atoms with Crippen LogP contribution in [0.25, 0.3) is 0 Å². The zero-order valence-corrected chi connectivity index (χ0v) is 49.8. The van der Waals surface area contributed by atoms with Gasteiger partial charge in [0.2, 0.25) is 62.4 Å². The SMILES string of the molecule is O=S(=O)([O-])OC[C@H]1O[C@H](COS(=O)(=O)[O-])[C@@H](OS(=O)(=O)[O-])[C@@H]1O[C@@H]1OC[C@H](OS(=O)(=O)[O-])[C@H](OS(=O)(=O)[O-])[C@H]1OS(=O)(=O)[O-].[K+].[K+].[K+].[K+].[K+].[K+]. The number of hydrogen-bond acceptors (Lipinski definition) is 27. The number of ether oxygens (including phenoxy) is 3. The van der Waals surface area contributed by atoms with Gasteiger partial charge in [-0.3, -0.25) is 25.1 Å². The topological polar surface area (TPSA) is 426 Å². The summed E-state index contributed by atoms with van der Waals surface area (Å²) in [5.74, 6) is 0. The van der Waals surface area contributed by atoms with Crippen LogP contribution in [0.15, 0.2) is 0 Å². The van der Waals surface area contributed by atoms with Crippen molar-refractivity contribution in [1.29, 1.82) is 0 Å². The minimum atomic E-state index is -6.11. The van der Waals surface area contributed by atoms with Gasteiger partial charge in [0, 0.05) is 0 Å². The van der Waals surface area contributed by atoms with E-state index in [9.17, 15) is 77.8 Å². The van der Waals surface area contributed by atoms with Crippen LogP contribution in [0.5, 0.6) is 0 Å². The van der Waals surface area contributed by atoms with E-state index in [-0.39, 0.29) is 308 Å². The second-order valence-corrected chi connectivity index (χ2v) is 14.0. The van der Waals surface area contributed by atoms with Gasteiger partial charge in [0.15, 0.2) is 12.4 Å². The Balaban J connectivity index is -0.00000112. The Hall–Kier alpha value is 8.92. The van der Waals surface area contributed by atoms with Crippen LogP contribution in [0.4, 0.5) is 0 Å². The Labute approximate surface area is 541 Å². The Kier molecular flexibility index (Phi) is 39.0. The van der Waals surface area contributed by atoms with Gasteiger partial charge in [0.1, 0.15) is 36.6 Å². The zero-order valence-electron chi connectivity index (χ0n) is 26.2. The summed E-state index contributed by atoms with van der Waals surface area (Å²) in [5.41, 5.74) is 0. The fourth-order valence-corrected chi connectivity index (χ4v) is 6.08.